The first kappa shape index (κ1) is 29.3. The summed E-state index contributed by atoms with van der Waals surface area (Å²) in [7, 11) is -3.28. The summed E-state index contributed by atoms with van der Waals surface area (Å²) in [6.45, 7) is 2.68. The van der Waals surface area contributed by atoms with Crippen molar-refractivity contribution in [3.05, 3.63) is 83.1 Å². The molecule has 226 valence electrons. The molecular weight excluding hydrogens is 574 g/mol. The Kier molecular flexibility index (Phi) is 7.76. The van der Waals surface area contributed by atoms with Crippen molar-refractivity contribution in [3.8, 4) is 11.3 Å². The van der Waals surface area contributed by atoms with E-state index in [4.69, 9.17) is 5.73 Å². The van der Waals surface area contributed by atoms with Gasteiger partial charge < -0.3 is 10.6 Å². The van der Waals surface area contributed by atoms with E-state index < -0.39 is 32.8 Å². The van der Waals surface area contributed by atoms with Crippen molar-refractivity contribution in [2.45, 2.75) is 62.8 Å². The number of hydrogen-bond donors (Lipinski definition) is 1. The average Bonchev–Trinajstić information content (AvgIpc) is 3.52. The zero-order valence-corrected chi connectivity index (χ0v) is 24.9. The fraction of sp³-hybridized carbons (Fsp3) is 0.419. The smallest absolute Gasteiger partial charge is 0.222 e. The highest BCUT2D eigenvalue weighted by molar-refractivity contribution is 7.91. The lowest BCUT2D eigenvalue weighted by molar-refractivity contribution is -0.128. The maximum absolute atomic E-state index is 15.3. The Labute approximate surface area is 249 Å². The van der Waals surface area contributed by atoms with Crippen LogP contribution in [0, 0.1) is 17.6 Å². The van der Waals surface area contributed by atoms with Crippen LogP contribution in [0.2, 0.25) is 0 Å². The molecule has 1 aliphatic carbocycles. The number of aromatic nitrogens is 4. The Balaban J connectivity index is 1.28. The second-order valence-corrected chi connectivity index (χ2v) is 14.1. The van der Waals surface area contributed by atoms with Crippen LogP contribution in [0.4, 0.5) is 8.78 Å². The highest BCUT2D eigenvalue weighted by atomic mass is 32.2. The fourth-order valence-electron chi connectivity index (χ4n) is 6.95. The van der Waals surface area contributed by atoms with Crippen LogP contribution in [-0.4, -0.2) is 62.9 Å². The topological polar surface area (TPSA) is 124 Å². The lowest BCUT2D eigenvalue weighted by Gasteiger charge is -2.38. The summed E-state index contributed by atoms with van der Waals surface area (Å²) in [5, 5.41) is 4.00. The van der Waals surface area contributed by atoms with Crippen molar-refractivity contribution in [3.63, 3.8) is 0 Å². The largest absolute Gasteiger partial charge is 0.338 e. The third kappa shape index (κ3) is 5.77. The quantitative estimate of drug-likeness (QED) is 0.336. The van der Waals surface area contributed by atoms with Crippen molar-refractivity contribution in [2.24, 2.45) is 11.7 Å². The molecule has 2 aliphatic rings. The van der Waals surface area contributed by atoms with E-state index in [1.165, 1.54) is 18.4 Å². The molecule has 12 heteroatoms. The van der Waals surface area contributed by atoms with Gasteiger partial charge >= 0.3 is 0 Å². The number of nitrogens with zero attached hydrogens (tertiary/aromatic N) is 5. The van der Waals surface area contributed by atoms with Gasteiger partial charge in [0.05, 0.1) is 28.2 Å². The van der Waals surface area contributed by atoms with E-state index in [1.807, 2.05) is 13.0 Å². The van der Waals surface area contributed by atoms with Gasteiger partial charge in [0.1, 0.15) is 17.5 Å². The third-order valence-electron chi connectivity index (χ3n) is 8.78. The van der Waals surface area contributed by atoms with E-state index in [9.17, 15) is 13.2 Å². The molecule has 2 N–H and O–H groups in total. The first-order valence-corrected chi connectivity index (χ1v) is 16.4. The number of carbonyl (C=O) groups is 1. The maximum Gasteiger partial charge on any atom is 0.222 e. The van der Waals surface area contributed by atoms with Gasteiger partial charge in [0.15, 0.2) is 9.84 Å². The summed E-state index contributed by atoms with van der Waals surface area (Å²) in [6, 6.07) is 7.26. The Morgan fingerprint density at radius 2 is 1.86 bits per heavy atom. The number of benzene rings is 1. The zero-order chi connectivity index (χ0) is 30.5. The van der Waals surface area contributed by atoms with Gasteiger partial charge in [-0.1, -0.05) is 6.92 Å². The lowest BCUT2D eigenvalue weighted by atomic mass is 9.75. The standard InChI is InChI=1S/C31H34F2N6O3S/c1-18-10-20(13-26(34)31(18)43(2,41)42)23-7-8-35-15-21(23)14-28-36-16-22-5-6-27(37-39(22)28)30-24(32)11-19(12-25(30)33)17-38-9-3-4-29(38)40/h5-8,11-12,15-16,18,20,26,31H,3-4,9-10,13-14,17,34H2,1-2H3/t18-,20+,26+,31+/m0/s1. The number of sulfone groups is 1. The zero-order valence-electron chi connectivity index (χ0n) is 24.1. The third-order valence-corrected chi connectivity index (χ3v) is 10.6. The Hall–Kier alpha value is -3.77. The molecule has 0 bridgehead atoms. The number of imidazole rings is 1. The molecule has 4 heterocycles. The summed E-state index contributed by atoms with van der Waals surface area (Å²) in [6.07, 6.45) is 9.15. The van der Waals surface area contributed by atoms with Gasteiger partial charge in [-0.2, -0.15) is 5.10 Å². The van der Waals surface area contributed by atoms with Crippen LogP contribution in [0.3, 0.4) is 0 Å². The highest BCUT2D eigenvalue weighted by Gasteiger charge is 2.40. The molecule has 1 amide bonds. The number of pyridine rings is 1. The van der Waals surface area contributed by atoms with Crippen molar-refractivity contribution < 1.29 is 22.0 Å². The first-order valence-electron chi connectivity index (χ1n) is 14.5. The Bertz CT molecular complexity index is 1780. The van der Waals surface area contributed by atoms with E-state index in [2.05, 4.69) is 15.1 Å². The minimum absolute atomic E-state index is 0.0136. The van der Waals surface area contributed by atoms with Crippen LogP contribution in [0.1, 0.15) is 61.0 Å². The maximum atomic E-state index is 15.3. The number of nitrogens with two attached hydrogens (primary N) is 1. The van der Waals surface area contributed by atoms with Crippen molar-refractivity contribution in [2.75, 3.05) is 12.8 Å². The number of hydrogen-bond acceptors (Lipinski definition) is 7. The molecule has 1 saturated heterocycles. The average molecular weight is 609 g/mol. The number of rotatable bonds is 7. The van der Waals surface area contributed by atoms with Gasteiger partial charge in [-0.25, -0.2) is 26.7 Å². The molecule has 9 nitrogen and oxygen atoms in total. The predicted molar refractivity (Wildman–Crippen MR) is 158 cm³/mol. The molecular formula is C31H34F2N6O3S. The fourth-order valence-corrected chi connectivity index (χ4v) is 8.65. The summed E-state index contributed by atoms with van der Waals surface area (Å²) in [4.78, 5) is 22.5. The first-order chi connectivity index (χ1) is 20.5. The van der Waals surface area contributed by atoms with Gasteiger partial charge in [-0.15, -0.1) is 0 Å². The molecule has 6 rings (SSSR count). The highest BCUT2D eigenvalue weighted by Crippen LogP contribution is 2.39. The SMILES string of the molecule is C[C@H]1C[C@@H](c2ccncc2Cc2ncc3ccc(-c4c(F)cc(CN5CCCC5=O)cc4F)nn23)C[C@@H](N)[C@@H]1S(C)(=O)=O. The molecule has 2 fully saturated rings. The van der Waals surface area contributed by atoms with E-state index in [-0.39, 0.29) is 35.5 Å². The van der Waals surface area contributed by atoms with E-state index >= 15 is 8.78 Å². The second kappa shape index (κ2) is 11.4. The van der Waals surface area contributed by atoms with E-state index in [0.29, 0.717) is 49.1 Å². The Morgan fingerprint density at radius 1 is 1.09 bits per heavy atom. The van der Waals surface area contributed by atoms with Crippen molar-refractivity contribution in [1.82, 2.24) is 24.5 Å². The van der Waals surface area contributed by atoms with E-state index in [0.717, 1.165) is 17.5 Å². The van der Waals surface area contributed by atoms with Gasteiger partial charge in [-0.3, -0.25) is 9.78 Å². The predicted octanol–water partition coefficient (Wildman–Crippen LogP) is 4.04. The number of amides is 1. The molecule has 0 radical (unpaired) electrons. The van der Waals surface area contributed by atoms with Crippen LogP contribution < -0.4 is 5.73 Å². The number of fused-ring (bicyclic) bond motifs is 1. The monoisotopic (exact) mass is 608 g/mol. The molecule has 43 heavy (non-hydrogen) atoms. The van der Waals surface area contributed by atoms with Gasteiger partial charge in [0.25, 0.3) is 0 Å². The van der Waals surface area contributed by atoms with E-state index in [1.54, 1.807) is 40.1 Å². The summed E-state index contributed by atoms with van der Waals surface area (Å²) in [5.41, 5.74) is 9.26. The minimum Gasteiger partial charge on any atom is -0.338 e. The van der Waals surface area contributed by atoms with Crippen LogP contribution >= 0.6 is 0 Å². The normalized spacial score (nSPS) is 22.9. The van der Waals surface area contributed by atoms with Crippen molar-refractivity contribution >= 4 is 21.3 Å². The van der Waals surface area contributed by atoms with Crippen LogP contribution in [0.15, 0.2) is 48.9 Å². The molecule has 1 aromatic carbocycles. The second-order valence-electron chi connectivity index (χ2n) is 11.9. The molecule has 4 aromatic rings. The molecule has 0 spiro atoms. The molecule has 4 atom stereocenters. The molecule has 3 aromatic heterocycles. The summed E-state index contributed by atoms with van der Waals surface area (Å²) in [5.74, 6) is -1.00. The number of halogens is 2. The summed E-state index contributed by atoms with van der Waals surface area (Å²) < 4.78 is 56.9. The van der Waals surface area contributed by atoms with Gasteiger partial charge in [-0.05, 0) is 78.1 Å². The number of carbonyl (C=O) groups excluding carboxylic acids is 1. The van der Waals surface area contributed by atoms with Gasteiger partial charge in [0.2, 0.25) is 5.91 Å². The molecule has 1 saturated carbocycles. The van der Waals surface area contributed by atoms with Gasteiger partial charge in [0, 0.05) is 50.6 Å². The van der Waals surface area contributed by atoms with Crippen LogP contribution in [0.25, 0.3) is 16.8 Å². The van der Waals surface area contributed by atoms with Crippen LogP contribution in [0.5, 0.6) is 0 Å². The lowest BCUT2D eigenvalue weighted by Crippen LogP contribution is -2.48. The number of likely N-dealkylation sites (tertiary alicyclic amines) is 1. The minimum atomic E-state index is -3.28. The summed E-state index contributed by atoms with van der Waals surface area (Å²) >= 11 is 0. The Morgan fingerprint density at radius 3 is 2.53 bits per heavy atom. The molecule has 0 unspecified atom stereocenters. The van der Waals surface area contributed by atoms with Crippen molar-refractivity contribution in [1.29, 1.82) is 0 Å². The molecule has 1 aliphatic heterocycles. The van der Waals surface area contributed by atoms with Crippen LogP contribution in [-0.2, 0) is 27.6 Å².